The van der Waals surface area contributed by atoms with Gasteiger partial charge < -0.3 is 0 Å². The second-order valence-electron chi connectivity index (χ2n) is 13.2. The van der Waals surface area contributed by atoms with Crippen LogP contribution in [0.15, 0.2) is 72.8 Å². The van der Waals surface area contributed by atoms with Gasteiger partial charge in [0.15, 0.2) is 0 Å². The van der Waals surface area contributed by atoms with Crippen molar-refractivity contribution in [1.29, 1.82) is 0 Å². The Morgan fingerprint density at radius 3 is 0.943 bits per heavy atom. The van der Waals surface area contributed by atoms with Gasteiger partial charge >= 0.3 is 216 Å². The summed E-state index contributed by atoms with van der Waals surface area (Å²) in [5.74, 6) is 0. The summed E-state index contributed by atoms with van der Waals surface area (Å²) in [5, 5.41) is 14.2. The molecule has 0 atom stereocenters. The van der Waals surface area contributed by atoms with E-state index in [1.54, 1.807) is 0 Å². The Kier molecular flexibility index (Phi) is 8.05. The fourth-order valence-electron chi connectivity index (χ4n) is 5.04. The molecular formula is C33H47OP. The first kappa shape index (κ1) is 27.6. The van der Waals surface area contributed by atoms with Crippen molar-refractivity contribution in [1.82, 2.24) is 0 Å². The van der Waals surface area contributed by atoms with Gasteiger partial charge in [-0.1, -0.05) is 0 Å². The normalized spacial score (nSPS) is 13.7. The first-order chi connectivity index (χ1) is 16.2. The van der Waals surface area contributed by atoms with E-state index in [1.807, 2.05) is 0 Å². The van der Waals surface area contributed by atoms with Crippen LogP contribution in [0.5, 0.6) is 0 Å². The van der Waals surface area contributed by atoms with Crippen LogP contribution in [0.2, 0.25) is 0 Å². The molecule has 0 aliphatic heterocycles. The Balaban J connectivity index is 2.27. The van der Waals surface area contributed by atoms with Gasteiger partial charge in [-0.05, 0) is 0 Å². The summed E-state index contributed by atoms with van der Waals surface area (Å²) in [6.07, 6.45) is 1.79. The van der Waals surface area contributed by atoms with Crippen LogP contribution in [0.25, 0.3) is 0 Å². The zero-order chi connectivity index (χ0) is 26.1. The fourth-order valence-corrected chi connectivity index (χ4v) is 9.80. The standard InChI is InChI=1S/C33H47OP/c1-31(2,3)25-11-17-28(18-12-25)35(24-10-23-34,29-19-13-26(14-20-29)32(4,5)6)30-21-15-27(16-22-30)33(7,8)9/h11-22,34-35H,10,23-24H2,1-9H3. The van der Waals surface area contributed by atoms with E-state index in [2.05, 4.69) is 135 Å². The van der Waals surface area contributed by atoms with Crippen molar-refractivity contribution in [3.63, 3.8) is 0 Å². The van der Waals surface area contributed by atoms with Crippen LogP contribution in [0.1, 0.15) is 85.4 Å². The molecule has 0 fully saturated rings. The van der Waals surface area contributed by atoms with Crippen molar-refractivity contribution in [3.8, 4) is 0 Å². The summed E-state index contributed by atoms with van der Waals surface area (Å²) >= 11 is 0. The third-order valence-electron chi connectivity index (χ3n) is 7.44. The number of hydrogen-bond acceptors (Lipinski definition) is 1. The summed E-state index contributed by atoms with van der Waals surface area (Å²) in [5.41, 5.74) is 4.44. The van der Waals surface area contributed by atoms with E-state index in [1.165, 1.54) is 32.6 Å². The quantitative estimate of drug-likeness (QED) is 0.369. The molecule has 3 rings (SSSR count). The zero-order valence-corrected chi connectivity index (χ0v) is 24.5. The molecule has 0 saturated heterocycles. The summed E-state index contributed by atoms with van der Waals surface area (Å²) in [7, 11) is -2.35. The minimum absolute atomic E-state index is 0.122. The van der Waals surface area contributed by atoms with Crippen LogP contribution in [0, 0.1) is 0 Å². The number of hydrogen-bond donors (Lipinski definition) is 1. The summed E-state index contributed by atoms with van der Waals surface area (Å²) in [4.78, 5) is 0. The van der Waals surface area contributed by atoms with Crippen LogP contribution in [0.4, 0.5) is 0 Å². The first-order valence-corrected chi connectivity index (χ1v) is 15.3. The van der Waals surface area contributed by atoms with Crippen molar-refractivity contribution in [3.05, 3.63) is 89.5 Å². The molecule has 0 aliphatic rings. The van der Waals surface area contributed by atoms with Crippen LogP contribution >= 0.6 is 7.26 Å². The van der Waals surface area contributed by atoms with Crippen LogP contribution < -0.4 is 15.9 Å². The molecule has 0 unspecified atom stereocenters. The van der Waals surface area contributed by atoms with Crippen molar-refractivity contribution in [2.45, 2.75) is 85.0 Å². The van der Waals surface area contributed by atoms with Crippen molar-refractivity contribution in [2.24, 2.45) is 0 Å². The predicted octanol–water partition coefficient (Wildman–Crippen LogP) is 6.99. The van der Waals surface area contributed by atoms with Gasteiger partial charge in [0.05, 0.1) is 0 Å². The molecule has 2 heteroatoms. The minimum atomic E-state index is -2.35. The Labute approximate surface area is 215 Å². The molecule has 0 spiro atoms. The van der Waals surface area contributed by atoms with Gasteiger partial charge in [0.25, 0.3) is 0 Å². The molecule has 1 nitrogen and oxygen atoms in total. The summed E-state index contributed by atoms with van der Waals surface area (Å²) < 4.78 is 0. The van der Waals surface area contributed by atoms with Gasteiger partial charge in [-0.25, -0.2) is 0 Å². The Morgan fingerprint density at radius 2 is 0.743 bits per heavy atom. The van der Waals surface area contributed by atoms with E-state index in [-0.39, 0.29) is 22.9 Å². The van der Waals surface area contributed by atoms with Gasteiger partial charge in [0.1, 0.15) is 0 Å². The molecule has 0 saturated carbocycles. The average Bonchev–Trinajstić information content (AvgIpc) is 2.79. The number of aliphatic hydroxyl groups is 1. The Hall–Kier alpha value is -1.95. The maximum absolute atomic E-state index is 9.94. The molecule has 3 aromatic rings. The second kappa shape index (κ2) is 10.2. The van der Waals surface area contributed by atoms with Gasteiger partial charge in [0.2, 0.25) is 0 Å². The molecule has 0 heterocycles. The van der Waals surface area contributed by atoms with Crippen LogP contribution in [-0.4, -0.2) is 17.9 Å². The van der Waals surface area contributed by atoms with E-state index < -0.39 is 7.26 Å². The molecule has 0 radical (unpaired) electrons. The molecule has 0 amide bonds. The molecule has 35 heavy (non-hydrogen) atoms. The third kappa shape index (κ3) is 6.07. The summed E-state index contributed by atoms with van der Waals surface area (Å²) in [6, 6.07) is 28.2. The zero-order valence-electron chi connectivity index (χ0n) is 23.5. The molecule has 1 N–H and O–H groups in total. The fraction of sp³-hybridized carbons (Fsp3) is 0.455. The predicted molar refractivity (Wildman–Crippen MR) is 159 cm³/mol. The Bertz CT molecular complexity index is 947. The molecule has 190 valence electrons. The molecular weight excluding hydrogens is 443 g/mol. The van der Waals surface area contributed by atoms with Gasteiger partial charge in [0, 0.05) is 0 Å². The van der Waals surface area contributed by atoms with Crippen molar-refractivity contribution >= 4 is 23.2 Å². The van der Waals surface area contributed by atoms with Crippen molar-refractivity contribution in [2.75, 3.05) is 12.8 Å². The average molecular weight is 491 g/mol. The monoisotopic (exact) mass is 490 g/mol. The van der Waals surface area contributed by atoms with Gasteiger partial charge in [-0.3, -0.25) is 0 Å². The van der Waals surface area contributed by atoms with E-state index in [9.17, 15) is 5.11 Å². The van der Waals surface area contributed by atoms with Crippen LogP contribution in [0.3, 0.4) is 0 Å². The first-order valence-electron chi connectivity index (χ1n) is 13.1. The topological polar surface area (TPSA) is 20.2 Å². The van der Waals surface area contributed by atoms with E-state index in [0.29, 0.717) is 0 Å². The van der Waals surface area contributed by atoms with Gasteiger partial charge in [-0.15, -0.1) is 0 Å². The SMILES string of the molecule is CC(C)(C)c1ccc([PH](CCCO)(c2ccc(C(C)(C)C)cc2)c2ccc(C(C)(C)C)cc2)cc1. The van der Waals surface area contributed by atoms with Crippen LogP contribution in [-0.2, 0) is 16.2 Å². The Morgan fingerprint density at radius 1 is 0.486 bits per heavy atom. The molecule has 0 bridgehead atoms. The summed E-state index contributed by atoms with van der Waals surface area (Å²) in [6.45, 7) is 20.7. The van der Waals surface area contributed by atoms with Crippen molar-refractivity contribution < 1.29 is 5.11 Å². The number of aliphatic hydroxyl groups excluding tert-OH is 1. The maximum atomic E-state index is 9.94. The van der Waals surface area contributed by atoms with E-state index in [4.69, 9.17) is 0 Å². The van der Waals surface area contributed by atoms with E-state index >= 15 is 0 Å². The molecule has 0 aliphatic carbocycles. The van der Waals surface area contributed by atoms with Gasteiger partial charge in [-0.2, -0.15) is 0 Å². The number of benzene rings is 3. The molecule has 3 aromatic carbocycles. The second-order valence-corrected chi connectivity index (χ2v) is 17.3. The van der Waals surface area contributed by atoms with E-state index in [0.717, 1.165) is 12.6 Å². The number of rotatable bonds is 6. The molecule has 0 aromatic heterocycles. The third-order valence-corrected chi connectivity index (χ3v) is 12.5.